The molecule has 0 fully saturated rings. The number of nitrogens with two attached hydrogens (primary N) is 2. The Hall–Kier alpha value is -3.50. The predicted octanol–water partition coefficient (Wildman–Crippen LogP) is 5.28. The smallest absolute Gasteiger partial charge is 0.413 e. The molecule has 2 aromatic carbocycles. The number of carbonyl (C=O) groups excluding carboxylic acids is 1. The summed E-state index contributed by atoms with van der Waals surface area (Å²) in [6.45, 7) is 8.23. The Morgan fingerprint density at radius 1 is 1.12 bits per heavy atom. The lowest BCUT2D eigenvalue weighted by Gasteiger charge is -2.35. The van der Waals surface area contributed by atoms with Gasteiger partial charge in [0.2, 0.25) is 5.91 Å². The molecule has 5 N–H and O–H groups in total. The zero-order valence-electron chi connectivity index (χ0n) is 24.0. The highest BCUT2D eigenvalue weighted by atomic mass is 31.2. The summed E-state index contributed by atoms with van der Waals surface area (Å²) >= 11 is 0. The first-order chi connectivity index (χ1) is 19.6. The van der Waals surface area contributed by atoms with Gasteiger partial charge in [0.1, 0.15) is 23.7 Å². The number of benzene rings is 2. The van der Waals surface area contributed by atoms with E-state index in [-0.39, 0.29) is 13.2 Å². The number of ether oxygens (including phenoxy) is 1. The first-order valence-corrected chi connectivity index (χ1v) is 15.3. The first kappa shape index (κ1) is 30.5. The summed E-state index contributed by atoms with van der Waals surface area (Å²) < 4.78 is 34.0. The zero-order chi connectivity index (χ0) is 29.6. The van der Waals surface area contributed by atoms with Gasteiger partial charge in [-0.1, -0.05) is 56.2 Å². The second-order valence-electron chi connectivity index (χ2n) is 10.2. The van der Waals surface area contributed by atoms with Crippen LogP contribution in [-0.4, -0.2) is 39.7 Å². The van der Waals surface area contributed by atoms with Crippen LogP contribution in [0.4, 0.5) is 5.82 Å². The maximum absolute atomic E-state index is 14.1. The highest BCUT2D eigenvalue weighted by Crippen LogP contribution is 2.47. The molecule has 41 heavy (non-hydrogen) atoms. The third-order valence-corrected chi connectivity index (χ3v) is 8.55. The molecule has 11 nitrogen and oxygen atoms in total. The minimum absolute atomic E-state index is 0.0449. The van der Waals surface area contributed by atoms with Crippen LogP contribution in [0.1, 0.15) is 52.8 Å². The van der Waals surface area contributed by atoms with E-state index in [1.807, 2.05) is 44.2 Å². The molecule has 0 unspecified atom stereocenters. The lowest BCUT2D eigenvalue weighted by Crippen LogP contribution is -2.41. The molecular formula is C29H39N6O5P. The summed E-state index contributed by atoms with van der Waals surface area (Å²) in [4.78, 5) is 21.3. The van der Waals surface area contributed by atoms with Gasteiger partial charge in [-0.3, -0.25) is 9.32 Å². The average molecular weight is 583 g/mol. The Morgan fingerprint density at radius 2 is 1.83 bits per heavy atom. The maximum atomic E-state index is 14.1. The molecular weight excluding hydrogens is 543 g/mol. The van der Waals surface area contributed by atoms with Crippen molar-refractivity contribution in [2.24, 2.45) is 5.73 Å². The third kappa shape index (κ3) is 6.87. The zero-order valence-corrected chi connectivity index (χ0v) is 24.9. The van der Waals surface area contributed by atoms with Gasteiger partial charge in [0.25, 0.3) is 0 Å². The summed E-state index contributed by atoms with van der Waals surface area (Å²) in [5.74, 6) is 0.591. The van der Waals surface area contributed by atoms with Crippen molar-refractivity contribution in [2.45, 2.75) is 65.1 Å². The lowest BCUT2D eigenvalue weighted by molar-refractivity contribution is -0.119. The van der Waals surface area contributed by atoms with Gasteiger partial charge < -0.3 is 25.3 Å². The molecule has 0 aliphatic carbocycles. The van der Waals surface area contributed by atoms with E-state index in [0.717, 1.165) is 29.3 Å². The van der Waals surface area contributed by atoms with E-state index in [0.29, 0.717) is 35.9 Å². The molecule has 4 aromatic rings. The van der Waals surface area contributed by atoms with Crippen molar-refractivity contribution in [2.75, 3.05) is 18.9 Å². The van der Waals surface area contributed by atoms with Crippen molar-refractivity contribution >= 4 is 41.4 Å². The van der Waals surface area contributed by atoms with Gasteiger partial charge in [-0.05, 0) is 45.4 Å². The van der Waals surface area contributed by atoms with Crippen molar-refractivity contribution in [3.05, 3.63) is 60.4 Å². The largest absolute Gasteiger partial charge is 0.459 e. The topological polar surface area (TPSA) is 157 Å². The number of rotatable bonds is 15. The molecule has 4 rings (SSSR count). The van der Waals surface area contributed by atoms with E-state index in [4.69, 9.17) is 30.2 Å². The number of hydrogen-bond donors (Lipinski definition) is 3. The maximum Gasteiger partial charge on any atom is 0.459 e. The number of unbranched alkanes of at least 4 members (excludes halogenated alkanes) is 1. The fourth-order valence-electron chi connectivity index (χ4n) is 4.76. The van der Waals surface area contributed by atoms with Crippen molar-refractivity contribution in [3.63, 3.8) is 0 Å². The molecule has 3 atom stereocenters. The van der Waals surface area contributed by atoms with Crippen molar-refractivity contribution in [1.82, 2.24) is 19.6 Å². The number of nitrogens with one attached hydrogen (secondary N) is 1. The number of primary amides is 1. The van der Waals surface area contributed by atoms with E-state index >= 15 is 0 Å². The number of aromatic nitrogens is 3. The molecule has 0 saturated heterocycles. The van der Waals surface area contributed by atoms with Crippen LogP contribution < -0.4 is 21.1 Å². The van der Waals surface area contributed by atoms with Gasteiger partial charge in [0.05, 0.1) is 29.2 Å². The molecule has 2 heterocycles. The average Bonchev–Trinajstić information content (AvgIpc) is 3.36. The Balaban J connectivity index is 1.84. The molecule has 0 aliphatic rings. The van der Waals surface area contributed by atoms with E-state index in [9.17, 15) is 9.36 Å². The summed E-state index contributed by atoms with van der Waals surface area (Å²) in [5.41, 5.74) is 13.2. The number of imidazole rings is 1. The van der Waals surface area contributed by atoms with E-state index in [1.165, 1.54) is 6.92 Å². The lowest BCUT2D eigenvalue weighted by atomic mass is 9.94. The first-order valence-electron chi connectivity index (χ1n) is 13.8. The third-order valence-electron chi connectivity index (χ3n) is 6.93. The number of pyridine rings is 1. The number of anilines is 1. The van der Waals surface area contributed by atoms with Crippen molar-refractivity contribution in [1.29, 1.82) is 0 Å². The number of para-hydroxylation sites is 2. The second kappa shape index (κ2) is 13.0. The van der Waals surface area contributed by atoms with Gasteiger partial charge in [-0.15, -0.1) is 0 Å². The molecule has 220 valence electrons. The van der Waals surface area contributed by atoms with Crippen LogP contribution in [0.15, 0.2) is 54.6 Å². The Kier molecular flexibility index (Phi) is 9.65. The monoisotopic (exact) mass is 582 g/mol. The molecule has 0 saturated carbocycles. The fourth-order valence-corrected chi connectivity index (χ4v) is 6.39. The van der Waals surface area contributed by atoms with Crippen LogP contribution >= 0.6 is 7.75 Å². The molecule has 0 aliphatic heterocycles. The number of nitrogen functional groups attached to an aromatic ring is 1. The molecule has 12 heteroatoms. The Morgan fingerprint density at radius 3 is 2.51 bits per heavy atom. The van der Waals surface area contributed by atoms with Crippen LogP contribution in [0.3, 0.4) is 0 Å². The van der Waals surface area contributed by atoms with Crippen LogP contribution in [0.5, 0.6) is 5.75 Å². The van der Waals surface area contributed by atoms with Crippen LogP contribution in [0.25, 0.3) is 21.9 Å². The second-order valence-corrected chi connectivity index (χ2v) is 11.9. The fraction of sp³-hybridized carbons (Fsp3) is 0.414. The number of hydrogen-bond acceptors (Lipinski definition) is 8. The molecule has 0 bridgehead atoms. The molecule has 2 aromatic heterocycles. The Labute approximate surface area is 240 Å². The quantitative estimate of drug-likeness (QED) is 0.159. The normalized spacial score (nSPS) is 15.4. The van der Waals surface area contributed by atoms with E-state index in [2.05, 4.69) is 21.6 Å². The summed E-state index contributed by atoms with van der Waals surface area (Å²) in [5, 5.41) is 3.57. The molecule has 0 radical (unpaired) electrons. The minimum atomic E-state index is -4.09. The highest BCUT2D eigenvalue weighted by molar-refractivity contribution is 7.52. The minimum Gasteiger partial charge on any atom is -0.413 e. The van der Waals surface area contributed by atoms with Gasteiger partial charge in [-0.25, -0.2) is 14.5 Å². The SMILES string of the molecule is CCCC[C@](C)(CO[P@@](=O)(N[C@@H](C)C(N)=O)Oc1ccccc1)n1c(COCC)nc2c(N)nc3ccccc3c21. The van der Waals surface area contributed by atoms with Crippen molar-refractivity contribution < 1.29 is 23.1 Å². The number of amides is 1. The van der Waals surface area contributed by atoms with Gasteiger partial charge in [0, 0.05) is 12.0 Å². The predicted molar refractivity (Wildman–Crippen MR) is 160 cm³/mol. The summed E-state index contributed by atoms with van der Waals surface area (Å²) in [7, 11) is -4.09. The van der Waals surface area contributed by atoms with E-state index < -0.39 is 25.2 Å². The highest BCUT2D eigenvalue weighted by Gasteiger charge is 2.38. The van der Waals surface area contributed by atoms with Crippen LogP contribution in [0.2, 0.25) is 0 Å². The molecule has 1 amide bonds. The van der Waals surface area contributed by atoms with Gasteiger partial charge >= 0.3 is 7.75 Å². The number of fused-ring (bicyclic) bond motifs is 3. The molecule has 0 spiro atoms. The summed E-state index contributed by atoms with van der Waals surface area (Å²) in [6.07, 6.45) is 2.42. The number of carbonyl (C=O) groups is 1. The Bertz CT molecular complexity index is 1550. The van der Waals surface area contributed by atoms with Gasteiger partial charge in [0.15, 0.2) is 5.82 Å². The van der Waals surface area contributed by atoms with Crippen molar-refractivity contribution in [3.8, 4) is 5.75 Å². The number of nitrogens with zero attached hydrogens (tertiary/aromatic N) is 3. The van der Waals surface area contributed by atoms with E-state index in [1.54, 1.807) is 24.3 Å². The standard InChI is InChI=1S/C29H39N6O5P/c1-5-7-17-29(4,19-39-41(37,34-20(3)28(31)36)40-21-13-9-8-10-14-21)35-24(18-38-6-2)33-25-26(35)22-15-11-12-16-23(22)32-27(25)30/h8-16,20H,5-7,17-19H2,1-4H3,(H2,30,32)(H2,31,36)(H,34,37)/t20-,29+,41-/m0/s1. The summed E-state index contributed by atoms with van der Waals surface area (Å²) in [6, 6.07) is 15.4. The van der Waals surface area contributed by atoms with Crippen LogP contribution in [-0.2, 0) is 30.8 Å². The van der Waals surface area contributed by atoms with Crippen LogP contribution in [0, 0.1) is 0 Å². The van der Waals surface area contributed by atoms with Gasteiger partial charge in [-0.2, -0.15) is 5.09 Å².